The van der Waals surface area contributed by atoms with Gasteiger partial charge in [0.05, 0.1) is 0 Å². The number of benzene rings is 2. The first-order valence-corrected chi connectivity index (χ1v) is 8.51. The van der Waals surface area contributed by atoms with E-state index in [-0.39, 0.29) is 0 Å². The fraction of sp³-hybridized carbons (Fsp3) is 0.304. The van der Waals surface area contributed by atoms with Crippen LogP contribution in [0.4, 0.5) is 0 Å². The van der Waals surface area contributed by atoms with Crippen LogP contribution in [0.15, 0.2) is 72.8 Å². The lowest BCUT2D eigenvalue weighted by molar-refractivity contribution is 0.641. The van der Waals surface area contributed by atoms with E-state index in [9.17, 15) is 0 Å². The molecule has 1 saturated carbocycles. The highest BCUT2D eigenvalue weighted by Crippen LogP contribution is 2.31. The lowest BCUT2D eigenvalue weighted by Gasteiger charge is -2.03. The summed E-state index contributed by atoms with van der Waals surface area (Å²) >= 11 is 0. The minimum Gasteiger partial charge on any atom is -0.0956 e. The molecular weight excluding hydrogens is 276 g/mol. The van der Waals surface area contributed by atoms with E-state index in [4.69, 9.17) is 0 Å². The summed E-state index contributed by atoms with van der Waals surface area (Å²) in [7, 11) is 0. The molecule has 1 aliphatic carbocycles. The summed E-state index contributed by atoms with van der Waals surface area (Å²) in [4.78, 5) is 0. The van der Waals surface area contributed by atoms with Crippen LogP contribution in [0.25, 0.3) is 11.1 Å². The van der Waals surface area contributed by atoms with Gasteiger partial charge in [0, 0.05) is 0 Å². The van der Waals surface area contributed by atoms with Gasteiger partial charge in [0.25, 0.3) is 0 Å². The van der Waals surface area contributed by atoms with Crippen LogP contribution in [-0.2, 0) is 6.42 Å². The third-order valence-electron chi connectivity index (χ3n) is 4.44. The van der Waals surface area contributed by atoms with Gasteiger partial charge in [0.15, 0.2) is 0 Å². The van der Waals surface area contributed by atoms with Crippen molar-refractivity contribution in [2.45, 2.75) is 40.0 Å². The van der Waals surface area contributed by atoms with E-state index in [1.165, 1.54) is 46.2 Å². The molecule has 1 aliphatic rings. The minimum absolute atomic E-state index is 0.801. The Balaban J connectivity index is 0.000000203. The lowest BCUT2D eigenvalue weighted by atomic mass is 10.0. The molecule has 0 heteroatoms. The second kappa shape index (κ2) is 7.97. The number of hydrogen-bond acceptors (Lipinski definition) is 0. The van der Waals surface area contributed by atoms with Crippen molar-refractivity contribution in [1.29, 1.82) is 0 Å². The molecule has 0 amide bonds. The first kappa shape index (κ1) is 17.3. The van der Waals surface area contributed by atoms with Crippen molar-refractivity contribution in [1.82, 2.24) is 0 Å². The van der Waals surface area contributed by atoms with Crippen LogP contribution >= 0.6 is 0 Å². The maximum Gasteiger partial charge on any atom is -0.0184 e. The Bertz CT molecular complexity index is 640. The Morgan fingerprint density at radius 1 is 0.826 bits per heavy atom. The zero-order valence-electron chi connectivity index (χ0n) is 14.7. The highest BCUT2D eigenvalue weighted by atomic mass is 14.2. The van der Waals surface area contributed by atoms with E-state index in [0.717, 1.165) is 12.3 Å². The standard InChI is InChI=1S/C15H16.C8H12/c1-3-13-6-10-15(11-7-13)14-8-4-12(2)5-9-14;1-6-4-7(2)8(3)5-6/h4-11H,3H2,1-2H3;6H,2-5H2,1H3. The van der Waals surface area contributed by atoms with Crippen LogP contribution in [0, 0.1) is 12.8 Å². The average Bonchev–Trinajstić information content (AvgIpc) is 2.85. The van der Waals surface area contributed by atoms with Crippen LogP contribution in [0.1, 0.15) is 37.8 Å². The molecule has 0 unspecified atom stereocenters. The van der Waals surface area contributed by atoms with E-state index in [1.807, 2.05) is 0 Å². The molecule has 0 bridgehead atoms. The van der Waals surface area contributed by atoms with Crippen molar-refractivity contribution < 1.29 is 0 Å². The van der Waals surface area contributed by atoms with Gasteiger partial charge in [0.2, 0.25) is 0 Å². The van der Waals surface area contributed by atoms with Crippen LogP contribution in [0.5, 0.6) is 0 Å². The quantitative estimate of drug-likeness (QED) is 0.575. The largest absolute Gasteiger partial charge is 0.0956 e. The average molecular weight is 304 g/mol. The maximum atomic E-state index is 3.89. The third kappa shape index (κ3) is 4.96. The Hall–Kier alpha value is -2.08. The minimum atomic E-state index is 0.801. The second-order valence-electron chi connectivity index (χ2n) is 6.64. The number of rotatable bonds is 2. The fourth-order valence-electron chi connectivity index (χ4n) is 2.88. The molecule has 2 aromatic carbocycles. The van der Waals surface area contributed by atoms with Crippen molar-refractivity contribution in [2.24, 2.45) is 5.92 Å². The van der Waals surface area contributed by atoms with E-state index < -0.39 is 0 Å². The maximum absolute atomic E-state index is 3.89. The van der Waals surface area contributed by atoms with Crippen LogP contribution < -0.4 is 0 Å². The van der Waals surface area contributed by atoms with Gasteiger partial charge in [-0.15, -0.1) is 0 Å². The zero-order valence-corrected chi connectivity index (χ0v) is 14.7. The summed E-state index contributed by atoms with van der Waals surface area (Å²) in [6.45, 7) is 14.3. The predicted molar refractivity (Wildman–Crippen MR) is 103 cm³/mol. The number of allylic oxidation sites excluding steroid dienone is 2. The Labute approximate surface area is 141 Å². The second-order valence-corrected chi connectivity index (χ2v) is 6.64. The normalized spacial score (nSPS) is 14.6. The topological polar surface area (TPSA) is 0 Å². The highest BCUT2D eigenvalue weighted by Gasteiger charge is 2.15. The fourth-order valence-corrected chi connectivity index (χ4v) is 2.88. The number of aryl methyl sites for hydroxylation is 2. The molecule has 1 fully saturated rings. The van der Waals surface area contributed by atoms with Crippen LogP contribution in [0.2, 0.25) is 0 Å². The van der Waals surface area contributed by atoms with Gasteiger partial charge in [0.1, 0.15) is 0 Å². The molecule has 0 aliphatic heterocycles. The Morgan fingerprint density at radius 2 is 1.26 bits per heavy atom. The first-order valence-electron chi connectivity index (χ1n) is 8.51. The van der Waals surface area contributed by atoms with Gasteiger partial charge in [-0.05, 0) is 48.8 Å². The summed E-state index contributed by atoms with van der Waals surface area (Å²) in [6, 6.07) is 17.5. The molecule has 0 saturated heterocycles. The first-order chi connectivity index (χ1) is 11.0. The van der Waals surface area contributed by atoms with E-state index in [0.29, 0.717) is 0 Å². The van der Waals surface area contributed by atoms with Gasteiger partial charge in [-0.2, -0.15) is 0 Å². The molecule has 0 spiro atoms. The summed E-state index contributed by atoms with van der Waals surface area (Å²) < 4.78 is 0. The highest BCUT2D eigenvalue weighted by molar-refractivity contribution is 5.63. The molecular formula is C23H28. The van der Waals surface area contributed by atoms with Gasteiger partial charge < -0.3 is 0 Å². The predicted octanol–water partition coefficient (Wildman–Crippen LogP) is 6.75. The van der Waals surface area contributed by atoms with Crippen LogP contribution in [-0.4, -0.2) is 0 Å². The molecule has 0 N–H and O–H groups in total. The zero-order chi connectivity index (χ0) is 16.8. The van der Waals surface area contributed by atoms with Gasteiger partial charge in [-0.3, -0.25) is 0 Å². The molecule has 23 heavy (non-hydrogen) atoms. The number of hydrogen-bond donors (Lipinski definition) is 0. The summed E-state index contributed by atoms with van der Waals surface area (Å²) in [5.74, 6) is 0.801. The van der Waals surface area contributed by atoms with Crippen molar-refractivity contribution in [3.05, 3.63) is 84.0 Å². The van der Waals surface area contributed by atoms with Crippen molar-refractivity contribution in [3.8, 4) is 11.1 Å². The molecule has 3 rings (SSSR count). The summed E-state index contributed by atoms with van der Waals surface area (Å²) in [5.41, 5.74) is 7.82. The van der Waals surface area contributed by atoms with E-state index in [2.05, 4.69) is 82.5 Å². The summed E-state index contributed by atoms with van der Waals surface area (Å²) in [6.07, 6.45) is 3.44. The SMILES string of the molecule is C=C1CC(C)CC1=C.CCc1ccc(-c2ccc(C)cc2)cc1. The monoisotopic (exact) mass is 304 g/mol. The molecule has 0 nitrogen and oxygen atoms in total. The third-order valence-corrected chi connectivity index (χ3v) is 4.44. The molecule has 2 aromatic rings. The molecule has 0 heterocycles. The van der Waals surface area contributed by atoms with Crippen molar-refractivity contribution >= 4 is 0 Å². The van der Waals surface area contributed by atoms with Crippen LogP contribution in [0.3, 0.4) is 0 Å². The van der Waals surface area contributed by atoms with Gasteiger partial charge in [-0.25, -0.2) is 0 Å². The Kier molecular flexibility index (Phi) is 5.98. The van der Waals surface area contributed by atoms with E-state index in [1.54, 1.807) is 0 Å². The van der Waals surface area contributed by atoms with Crippen molar-refractivity contribution in [3.63, 3.8) is 0 Å². The molecule has 0 radical (unpaired) electrons. The van der Waals surface area contributed by atoms with Crippen molar-refractivity contribution in [2.75, 3.05) is 0 Å². The lowest BCUT2D eigenvalue weighted by Crippen LogP contribution is -1.81. The molecule has 120 valence electrons. The molecule has 0 aromatic heterocycles. The van der Waals surface area contributed by atoms with Gasteiger partial charge >= 0.3 is 0 Å². The summed E-state index contributed by atoms with van der Waals surface area (Å²) in [5, 5.41) is 0. The Morgan fingerprint density at radius 3 is 1.61 bits per heavy atom. The molecule has 0 atom stereocenters. The van der Waals surface area contributed by atoms with E-state index >= 15 is 0 Å². The van der Waals surface area contributed by atoms with Gasteiger partial charge in [-0.1, -0.05) is 92.2 Å². The smallest absolute Gasteiger partial charge is 0.0184 e.